The summed E-state index contributed by atoms with van der Waals surface area (Å²) in [7, 11) is 0. The zero-order chi connectivity index (χ0) is 19.1. The van der Waals surface area contributed by atoms with Gasteiger partial charge >= 0.3 is 5.97 Å². The number of likely N-dealkylation sites (tertiary alicyclic amines) is 1. The van der Waals surface area contributed by atoms with Crippen molar-refractivity contribution in [2.45, 2.75) is 37.9 Å². The summed E-state index contributed by atoms with van der Waals surface area (Å²) in [6, 6.07) is 18.1. The Morgan fingerprint density at radius 1 is 1.11 bits per heavy atom. The maximum Gasteiger partial charge on any atom is 0.303 e. The predicted molar refractivity (Wildman–Crippen MR) is 114 cm³/mol. The lowest BCUT2D eigenvalue weighted by atomic mass is 10.00. The minimum atomic E-state index is -0.722. The van der Waals surface area contributed by atoms with E-state index in [1.54, 1.807) is 0 Å². The minimum Gasteiger partial charge on any atom is -0.481 e. The van der Waals surface area contributed by atoms with Crippen LogP contribution in [-0.2, 0) is 9.53 Å². The third-order valence-corrected chi connectivity index (χ3v) is 5.22. The summed E-state index contributed by atoms with van der Waals surface area (Å²) >= 11 is 6.20. The highest BCUT2D eigenvalue weighted by atomic mass is 35.5. The number of carboxylic acid groups (broad SMARTS) is 1. The van der Waals surface area contributed by atoms with Crippen molar-refractivity contribution in [3.63, 3.8) is 0 Å². The zero-order valence-corrected chi connectivity index (χ0v) is 17.4. The highest BCUT2D eigenvalue weighted by molar-refractivity contribution is 6.30. The lowest BCUT2D eigenvalue weighted by Gasteiger charge is -2.34. The molecule has 0 bridgehead atoms. The third-order valence-electron chi connectivity index (χ3n) is 4.98. The normalized spacial score (nSPS) is 16.3. The molecule has 0 amide bonds. The molecule has 2 aromatic carbocycles. The molecule has 1 saturated heterocycles. The van der Waals surface area contributed by atoms with Crippen molar-refractivity contribution in [2.75, 3.05) is 19.6 Å². The Labute approximate surface area is 177 Å². The van der Waals surface area contributed by atoms with Gasteiger partial charge in [0.15, 0.2) is 0 Å². The van der Waals surface area contributed by atoms with Gasteiger partial charge in [0, 0.05) is 24.5 Å². The number of nitrogens with zero attached hydrogens (tertiary/aromatic N) is 1. The Hall–Kier alpha value is -1.59. The summed E-state index contributed by atoms with van der Waals surface area (Å²) in [5.41, 5.74) is 2.20. The van der Waals surface area contributed by atoms with Gasteiger partial charge in [-0.2, -0.15) is 0 Å². The molecule has 0 aliphatic carbocycles. The SMILES string of the molecule is Cl.O=C(O)CCCN1CCC(OC(c2ccccc2)c2cccc(Cl)c2)CC1. The summed E-state index contributed by atoms with van der Waals surface area (Å²) < 4.78 is 6.53. The minimum absolute atomic E-state index is 0. The van der Waals surface area contributed by atoms with E-state index in [4.69, 9.17) is 21.4 Å². The van der Waals surface area contributed by atoms with Crippen molar-refractivity contribution < 1.29 is 14.6 Å². The van der Waals surface area contributed by atoms with Crippen molar-refractivity contribution in [3.05, 3.63) is 70.7 Å². The van der Waals surface area contributed by atoms with Crippen LogP contribution in [0.2, 0.25) is 5.02 Å². The fourth-order valence-corrected chi connectivity index (χ4v) is 3.76. The first-order valence-electron chi connectivity index (χ1n) is 9.52. The van der Waals surface area contributed by atoms with Crippen LogP contribution in [0.5, 0.6) is 0 Å². The van der Waals surface area contributed by atoms with E-state index in [0.717, 1.165) is 43.6 Å². The molecule has 1 fully saturated rings. The second kappa shape index (κ2) is 11.4. The molecule has 6 heteroatoms. The summed E-state index contributed by atoms with van der Waals surface area (Å²) in [6.45, 7) is 2.73. The van der Waals surface area contributed by atoms with Gasteiger partial charge in [-0.15, -0.1) is 12.4 Å². The van der Waals surface area contributed by atoms with Crippen LogP contribution in [-0.4, -0.2) is 41.7 Å². The van der Waals surface area contributed by atoms with Crippen LogP contribution in [0.3, 0.4) is 0 Å². The molecule has 0 saturated carbocycles. The number of hydrogen-bond donors (Lipinski definition) is 1. The predicted octanol–water partition coefficient (Wildman–Crippen LogP) is 5.20. The molecule has 0 spiro atoms. The summed E-state index contributed by atoms with van der Waals surface area (Å²) in [5.74, 6) is -0.722. The monoisotopic (exact) mass is 423 g/mol. The topological polar surface area (TPSA) is 49.8 Å². The van der Waals surface area contributed by atoms with Crippen LogP contribution in [0.15, 0.2) is 54.6 Å². The van der Waals surface area contributed by atoms with Crippen molar-refractivity contribution in [1.29, 1.82) is 0 Å². The van der Waals surface area contributed by atoms with Crippen LogP contribution in [0.4, 0.5) is 0 Å². The van der Waals surface area contributed by atoms with Crippen LogP contribution in [0.1, 0.15) is 42.9 Å². The number of halogens is 2. The number of aliphatic carboxylic acids is 1. The first kappa shape index (κ1) is 22.7. The lowest BCUT2D eigenvalue weighted by Crippen LogP contribution is -2.38. The number of hydrogen-bond acceptors (Lipinski definition) is 3. The molecule has 0 aromatic heterocycles. The molecule has 1 unspecified atom stereocenters. The molecule has 1 heterocycles. The van der Waals surface area contributed by atoms with E-state index in [-0.39, 0.29) is 31.0 Å². The fourth-order valence-electron chi connectivity index (χ4n) is 3.56. The average molecular weight is 424 g/mol. The highest BCUT2D eigenvalue weighted by Crippen LogP contribution is 2.31. The van der Waals surface area contributed by atoms with E-state index in [2.05, 4.69) is 23.1 Å². The molecule has 1 aliphatic rings. The van der Waals surface area contributed by atoms with Gasteiger partial charge in [-0.05, 0) is 49.1 Å². The van der Waals surface area contributed by atoms with E-state index in [1.807, 2.05) is 36.4 Å². The molecule has 3 rings (SSSR count). The average Bonchev–Trinajstić information content (AvgIpc) is 2.68. The number of benzene rings is 2. The van der Waals surface area contributed by atoms with E-state index in [1.165, 1.54) is 0 Å². The molecular weight excluding hydrogens is 397 g/mol. The Morgan fingerprint density at radius 2 is 1.79 bits per heavy atom. The molecule has 1 aliphatic heterocycles. The molecule has 28 heavy (non-hydrogen) atoms. The van der Waals surface area contributed by atoms with E-state index >= 15 is 0 Å². The van der Waals surface area contributed by atoms with Gasteiger partial charge in [0.2, 0.25) is 0 Å². The van der Waals surface area contributed by atoms with Gasteiger partial charge in [0.1, 0.15) is 6.10 Å². The number of carboxylic acids is 1. The van der Waals surface area contributed by atoms with Crippen LogP contribution in [0.25, 0.3) is 0 Å². The Kier molecular flexibility index (Phi) is 9.26. The van der Waals surface area contributed by atoms with Gasteiger partial charge in [0.05, 0.1) is 6.10 Å². The second-order valence-corrected chi connectivity index (χ2v) is 7.46. The largest absolute Gasteiger partial charge is 0.481 e. The Morgan fingerprint density at radius 3 is 2.43 bits per heavy atom. The summed E-state index contributed by atoms with van der Waals surface area (Å²) in [5, 5.41) is 9.49. The zero-order valence-electron chi connectivity index (χ0n) is 15.8. The highest BCUT2D eigenvalue weighted by Gasteiger charge is 2.24. The Balaban J connectivity index is 0.00000280. The molecule has 1 atom stereocenters. The standard InChI is InChI=1S/C22H26ClNO3.ClH/c23-19-9-4-8-18(16-19)22(17-6-2-1-3-7-17)27-20-11-14-24(15-12-20)13-5-10-21(25)26;/h1-4,6-9,16,20,22H,5,10-15H2,(H,25,26);1H. The number of carbonyl (C=O) groups is 1. The van der Waals surface area contributed by atoms with Gasteiger partial charge in [0.25, 0.3) is 0 Å². The molecule has 1 N–H and O–H groups in total. The Bertz CT molecular complexity index is 734. The van der Waals surface area contributed by atoms with Gasteiger partial charge in [-0.1, -0.05) is 54.1 Å². The smallest absolute Gasteiger partial charge is 0.303 e. The summed E-state index contributed by atoms with van der Waals surface area (Å²) in [6.07, 6.45) is 2.91. The number of piperidine rings is 1. The second-order valence-electron chi connectivity index (χ2n) is 7.02. The first-order chi connectivity index (χ1) is 13.1. The van der Waals surface area contributed by atoms with Crippen LogP contribution >= 0.6 is 24.0 Å². The van der Waals surface area contributed by atoms with Crippen LogP contribution in [0, 0.1) is 0 Å². The first-order valence-corrected chi connectivity index (χ1v) is 9.89. The van der Waals surface area contributed by atoms with Gasteiger partial charge in [-0.3, -0.25) is 4.79 Å². The molecule has 0 radical (unpaired) electrons. The van der Waals surface area contributed by atoms with Crippen molar-refractivity contribution in [1.82, 2.24) is 4.90 Å². The number of ether oxygens (including phenoxy) is 1. The van der Waals surface area contributed by atoms with Gasteiger partial charge < -0.3 is 14.7 Å². The van der Waals surface area contributed by atoms with E-state index in [0.29, 0.717) is 11.4 Å². The third kappa shape index (κ3) is 6.78. The van der Waals surface area contributed by atoms with Gasteiger partial charge in [-0.25, -0.2) is 0 Å². The summed E-state index contributed by atoms with van der Waals surface area (Å²) in [4.78, 5) is 13.0. The van der Waals surface area contributed by atoms with Crippen molar-refractivity contribution in [3.8, 4) is 0 Å². The van der Waals surface area contributed by atoms with Crippen LogP contribution < -0.4 is 0 Å². The molecule has 152 valence electrons. The quantitative estimate of drug-likeness (QED) is 0.633. The van der Waals surface area contributed by atoms with Crippen molar-refractivity contribution in [2.24, 2.45) is 0 Å². The molecule has 4 nitrogen and oxygen atoms in total. The maximum atomic E-state index is 10.7. The molecule has 2 aromatic rings. The van der Waals surface area contributed by atoms with E-state index in [9.17, 15) is 4.79 Å². The maximum absolute atomic E-state index is 10.7. The molecular formula is C22H27Cl2NO3. The fraction of sp³-hybridized carbons (Fsp3) is 0.409. The van der Waals surface area contributed by atoms with Crippen molar-refractivity contribution >= 4 is 30.0 Å². The number of rotatable bonds is 8. The van der Waals surface area contributed by atoms with E-state index < -0.39 is 5.97 Å². The lowest BCUT2D eigenvalue weighted by molar-refractivity contribution is -0.137.